The monoisotopic (exact) mass is 480 g/mol. The summed E-state index contributed by atoms with van der Waals surface area (Å²) in [4.78, 5) is 14.8. The number of rotatable bonds is 3. The van der Waals surface area contributed by atoms with Crippen LogP contribution in [-0.4, -0.2) is 9.91 Å². The molecule has 0 fully saturated rings. The van der Waals surface area contributed by atoms with Crippen LogP contribution in [0.3, 0.4) is 0 Å². The lowest BCUT2D eigenvalue weighted by Gasteiger charge is -2.12. The average molecular weight is 483 g/mol. The van der Waals surface area contributed by atoms with Gasteiger partial charge in [0, 0.05) is 16.7 Å². The van der Waals surface area contributed by atoms with Gasteiger partial charge in [-0.2, -0.15) is 0 Å². The molecule has 138 valence electrons. The van der Waals surface area contributed by atoms with Crippen molar-refractivity contribution in [2.75, 3.05) is 0 Å². The molecule has 27 heavy (non-hydrogen) atoms. The van der Waals surface area contributed by atoms with Gasteiger partial charge >= 0.3 is 5.82 Å². The molecule has 4 nitrogen and oxygen atoms in total. The fourth-order valence-electron chi connectivity index (χ4n) is 2.49. The molecule has 0 N–H and O–H groups in total. The first kappa shape index (κ1) is 20.5. The molecule has 0 saturated carbocycles. The van der Waals surface area contributed by atoms with Gasteiger partial charge in [0.05, 0.1) is 35.7 Å². The molecule has 0 spiro atoms. The Labute approximate surface area is 183 Å². The standard InChI is InChI=1S/C17H6Cl6N2O2/c18-9-1-3-11(20)15(22)13(9)7-5-8(17(24-6-7)25(26)27)14-10(19)2-4-12(21)16(14)23/h1-6H. The third kappa shape index (κ3) is 3.83. The molecule has 1 aromatic heterocycles. The predicted octanol–water partition coefficient (Wildman–Crippen LogP) is 8.24. The van der Waals surface area contributed by atoms with Gasteiger partial charge in [-0.3, -0.25) is 0 Å². The van der Waals surface area contributed by atoms with E-state index >= 15 is 0 Å². The van der Waals surface area contributed by atoms with E-state index in [0.717, 1.165) is 0 Å². The van der Waals surface area contributed by atoms with Crippen molar-refractivity contribution in [1.29, 1.82) is 0 Å². The Hall–Kier alpha value is -1.27. The van der Waals surface area contributed by atoms with Crippen molar-refractivity contribution in [1.82, 2.24) is 4.98 Å². The number of nitrogens with zero attached hydrogens (tertiary/aromatic N) is 2. The number of hydrogen-bond donors (Lipinski definition) is 0. The third-order valence-corrected chi connectivity index (χ3v) is 5.92. The molecule has 0 atom stereocenters. The molecule has 0 bridgehead atoms. The van der Waals surface area contributed by atoms with Crippen LogP contribution in [-0.2, 0) is 0 Å². The lowest BCUT2D eigenvalue weighted by molar-refractivity contribution is -0.388. The molecule has 3 aromatic rings. The summed E-state index contributed by atoms with van der Waals surface area (Å²) < 4.78 is 0. The van der Waals surface area contributed by atoms with Gasteiger partial charge in [0.1, 0.15) is 6.20 Å². The van der Waals surface area contributed by atoms with Gasteiger partial charge in [-0.25, -0.2) is 0 Å². The summed E-state index contributed by atoms with van der Waals surface area (Å²) >= 11 is 37.1. The quantitative estimate of drug-likeness (QED) is 0.214. The average Bonchev–Trinajstić information content (AvgIpc) is 2.62. The van der Waals surface area contributed by atoms with Crippen LogP contribution in [0.2, 0.25) is 30.1 Å². The van der Waals surface area contributed by atoms with E-state index in [4.69, 9.17) is 69.6 Å². The van der Waals surface area contributed by atoms with E-state index in [1.165, 1.54) is 24.4 Å². The van der Waals surface area contributed by atoms with Gasteiger partial charge in [-0.05, 0) is 40.2 Å². The van der Waals surface area contributed by atoms with Crippen molar-refractivity contribution in [2.24, 2.45) is 0 Å². The minimum atomic E-state index is -0.645. The molecule has 0 saturated heterocycles. The summed E-state index contributed by atoms with van der Waals surface area (Å²) in [7, 11) is 0. The maximum atomic E-state index is 11.5. The Morgan fingerprint density at radius 3 is 1.81 bits per heavy atom. The summed E-state index contributed by atoms with van der Waals surface area (Å²) in [6.45, 7) is 0. The van der Waals surface area contributed by atoms with E-state index in [1.54, 1.807) is 12.1 Å². The largest absolute Gasteiger partial charge is 0.371 e. The van der Waals surface area contributed by atoms with Gasteiger partial charge in [0.15, 0.2) is 0 Å². The zero-order chi connectivity index (χ0) is 19.9. The number of hydrogen-bond acceptors (Lipinski definition) is 3. The van der Waals surface area contributed by atoms with E-state index < -0.39 is 10.7 Å². The zero-order valence-corrected chi connectivity index (χ0v) is 17.5. The summed E-state index contributed by atoms with van der Waals surface area (Å²) in [5, 5.41) is 12.7. The third-order valence-electron chi connectivity index (χ3n) is 3.69. The van der Waals surface area contributed by atoms with Crippen molar-refractivity contribution in [2.45, 2.75) is 0 Å². The van der Waals surface area contributed by atoms with E-state index in [1.807, 2.05) is 0 Å². The first-order chi connectivity index (χ1) is 12.7. The number of aromatic nitrogens is 1. The highest BCUT2D eigenvalue weighted by molar-refractivity contribution is 6.47. The summed E-state index contributed by atoms with van der Waals surface area (Å²) in [5.74, 6) is -0.445. The Balaban J connectivity index is 2.37. The Kier molecular flexibility index (Phi) is 6.06. The molecular formula is C17H6Cl6N2O2. The topological polar surface area (TPSA) is 56.0 Å². The van der Waals surface area contributed by atoms with E-state index in [-0.39, 0.29) is 36.2 Å². The molecule has 1 heterocycles. The highest BCUT2D eigenvalue weighted by atomic mass is 35.5. The fraction of sp³-hybridized carbons (Fsp3) is 0. The Morgan fingerprint density at radius 2 is 1.26 bits per heavy atom. The normalized spacial score (nSPS) is 10.9. The highest BCUT2D eigenvalue weighted by Crippen LogP contribution is 2.45. The van der Waals surface area contributed by atoms with Gasteiger partial charge < -0.3 is 10.1 Å². The second-order valence-electron chi connectivity index (χ2n) is 5.29. The first-order valence-corrected chi connectivity index (χ1v) is 9.41. The molecule has 2 aromatic carbocycles. The van der Waals surface area contributed by atoms with Crippen LogP contribution < -0.4 is 0 Å². The molecule has 0 aliphatic heterocycles. The van der Waals surface area contributed by atoms with Crippen LogP contribution in [0.1, 0.15) is 0 Å². The highest BCUT2D eigenvalue weighted by Gasteiger charge is 2.25. The maximum Gasteiger partial charge on any atom is 0.371 e. The van der Waals surface area contributed by atoms with Crippen LogP contribution in [0.25, 0.3) is 22.3 Å². The number of pyridine rings is 1. The summed E-state index contributed by atoms with van der Waals surface area (Å²) in [6.07, 6.45) is 1.28. The lowest BCUT2D eigenvalue weighted by atomic mass is 10.0. The minimum absolute atomic E-state index is 0.0644. The van der Waals surface area contributed by atoms with Gasteiger partial charge in [-0.1, -0.05) is 69.6 Å². The summed E-state index contributed by atoms with van der Waals surface area (Å²) in [5.41, 5.74) is 1.03. The molecule has 3 rings (SSSR count). The second kappa shape index (κ2) is 8.00. The number of nitro groups is 1. The zero-order valence-electron chi connectivity index (χ0n) is 12.9. The van der Waals surface area contributed by atoms with E-state index in [0.29, 0.717) is 16.1 Å². The van der Waals surface area contributed by atoms with Gasteiger partial charge in [-0.15, -0.1) is 0 Å². The SMILES string of the molecule is O=[N+]([O-])c1ncc(-c2c(Cl)ccc(Cl)c2Cl)cc1-c1c(Cl)ccc(Cl)c1Cl. The Morgan fingerprint density at radius 1 is 0.778 bits per heavy atom. The molecule has 0 aliphatic carbocycles. The maximum absolute atomic E-state index is 11.5. The molecule has 0 aliphatic rings. The van der Waals surface area contributed by atoms with Crippen molar-refractivity contribution in [3.8, 4) is 22.3 Å². The first-order valence-electron chi connectivity index (χ1n) is 7.14. The Bertz CT molecular complexity index is 1090. The smallest absolute Gasteiger partial charge is 0.358 e. The molecule has 0 radical (unpaired) electrons. The number of halogens is 6. The van der Waals surface area contributed by atoms with Gasteiger partial charge in [0.2, 0.25) is 0 Å². The van der Waals surface area contributed by atoms with Crippen molar-refractivity contribution < 1.29 is 4.92 Å². The van der Waals surface area contributed by atoms with Crippen LogP contribution >= 0.6 is 69.6 Å². The molecular weight excluding hydrogens is 477 g/mol. The van der Waals surface area contributed by atoms with Gasteiger partial charge in [0.25, 0.3) is 0 Å². The number of benzene rings is 2. The minimum Gasteiger partial charge on any atom is -0.358 e. The predicted molar refractivity (Wildman–Crippen MR) is 112 cm³/mol. The molecule has 0 amide bonds. The van der Waals surface area contributed by atoms with Crippen LogP contribution in [0.15, 0.2) is 36.5 Å². The van der Waals surface area contributed by atoms with Crippen molar-refractivity contribution >= 4 is 75.4 Å². The van der Waals surface area contributed by atoms with Crippen LogP contribution in [0, 0.1) is 10.1 Å². The van der Waals surface area contributed by atoms with Crippen molar-refractivity contribution in [3.63, 3.8) is 0 Å². The van der Waals surface area contributed by atoms with Crippen LogP contribution in [0.5, 0.6) is 0 Å². The lowest BCUT2D eigenvalue weighted by Crippen LogP contribution is -1.98. The molecule has 0 unspecified atom stereocenters. The second-order valence-corrected chi connectivity index (χ2v) is 7.67. The van der Waals surface area contributed by atoms with E-state index in [2.05, 4.69) is 4.98 Å². The van der Waals surface area contributed by atoms with E-state index in [9.17, 15) is 10.1 Å². The summed E-state index contributed by atoms with van der Waals surface area (Å²) in [6, 6.07) is 7.55. The van der Waals surface area contributed by atoms with Crippen LogP contribution in [0.4, 0.5) is 5.82 Å². The molecule has 10 heteroatoms. The van der Waals surface area contributed by atoms with Crippen molar-refractivity contribution in [3.05, 3.63) is 76.8 Å². The fourth-order valence-corrected chi connectivity index (χ4v) is 3.97.